The topological polar surface area (TPSA) is 32.3 Å². The number of hydrogen-bond donors (Lipinski definition) is 1. The molecule has 0 saturated carbocycles. The largest absolute Gasteiger partial charge is 0.329 e. The lowest BCUT2D eigenvalue weighted by atomic mass is 10.0. The van der Waals surface area contributed by atoms with Crippen molar-refractivity contribution in [3.8, 4) is 0 Å². The fourth-order valence-corrected chi connectivity index (χ4v) is 2.90. The number of rotatable bonds is 2. The number of carbonyl (C=O) groups excluding carboxylic acids is 1. The van der Waals surface area contributed by atoms with Crippen molar-refractivity contribution >= 4 is 18.3 Å². The van der Waals surface area contributed by atoms with Crippen molar-refractivity contribution in [2.45, 2.75) is 13.0 Å². The van der Waals surface area contributed by atoms with Gasteiger partial charge < -0.3 is 10.2 Å². The predicted octanol–water partition coefficient (Wildman–Crippen LogP) is 3.48. The first kappa shape index (κ1) is 18.4. The van der Waals surface area contributed by atoms with Gasteiger partial charge in [-0.15, -0.1) is 12.4 Å². The summed E-state index contributed by atoms with van der Waals surface area (Å²) in [6.45, 7) is 3.40. The van der Waals surface area contributed by atoms with Gasteiger partial charge in [0.1, 0.15) is 11.6 Å². The van der Waals surface area contributed by atoms with Crippen LogP contribution >= 0.6 is 12.4 Å². The van der Waals surface area contributed by atoms with E-state index in [2.05, 4.69) is 5.32 Å². The molecule has 0 radical (unpaired) electrons. The Morgan fingerprint density at radius 2 is 2.00 bits per heavy atom. The average molecular weight is 353 g/mol. The molecule has 1 aliphatic heterocycles. The van der Waals surface area contributed by atoms with Gasteiger partial charge in [-0.25, -0.2) is 8.78 Å². The van der Waals surface area contributed by atoms with Crippen LogP contribution in [-0.4, -0.2) is 30.4 Å². The standard InChI is InChI=1S/C18H18F2N2O.ClH/c1-12-9-14(5-6-16(12)20)18(23)22-8-7-21-11-17(22)13-3-2-4-15(19)10-13;/h2-6,9-10,17,21H,7-8,11H2,1H3;1H. The van der Waals surface area contributed by atoms with Gasteiger partial charge >= 0.3 is 0 Å². The zero-order valence-electron chi connectivity index (χ0n) is 13.3. The molecule has 2 aromatic rings. The molecule has 6 heteroatoms. The molecule has 1 N–H and O–H groups in total. The van der Waals surface area contributed by atoms with E-state index in [1.54, 1.807) is 24.0 Å². The van der Waals surface area contributed by atoms with E-state index >= 15 is 0 Å². The summed E-state index contributed by atoms with van der Waals surface area (Å²) in [7, 11) is 0. The second kappa shape index (κ2) is 7.73. The lowest BCUT2D eigenvalue weighted by molar-refractivity contribution is 0.0634. The van der Waals surface area contributed by atoms with E-state index in [4.69, 9.17) is 0 Å². The summed E-state index contributed by atoms with van der Waals surface area (Å²) >= 11 is 0. The summed E-state index contributed by atoms with van der Waals surface area (Å²) in [5.41, 5.74) is 1.64. The third kappa shape index (κ3) is 3.74. The maximum absolute atomic E-state index is 13.5. The van der Waals surface area contributed by atoms with Crippen molar-refractivity contribution in [3.05, 3.63) is 70.8 Å². The molecular weight excluding hydrogens is 334 g/mol. The lowest BCUT2D eigenvalue weighted by Gasteiger charge is -2.36. The van der Waals surface area contributed by atoms with Gasteiger partial charge in [-0.3, -0.25) is 4.79 Å². The normalized spacial score (nSPS) is 17.3. The quantitative estimate of drug-likeness (QED) is 0.897. The van der Waals surface area contributed by atoms with Crippen LogP contribution < -0.4 is 5.32 Å². The number of aryl methyl sites for hydroxylation is 1. The van der Waals surface area contributed by atoms with Crippen LogP contribution in [0.3, 0.4) is 0 Å². The van der Waals surface area contributed by atoms with Crippen LogP contribution in [0.15, 0.2) is 42.5 Å². The SMILES string of the molecule is Cc1cc(C(=O)N2CCNCC2c2cccc(F)c2)ccc1F.Cl. The van der Waals surface area contributed by atoms with Gasteiger partial charge in [-0.2, -0.15) is 0 Å². The molecule has 1 amide bonds. The first-order valence-electron chi connectivity index (χ1n) is 7.59. The van der Waals surface area contributed by atoms with E-state index in [0.29, 0.717) is 30.8 Å². The highest BCUT2D eigenvalue weighted by atomic mass is 35.5. The van der Waals surface area contributed by atoms with E-state index in [-0.39, 0.29) is 36.0 Å². The van der Waals surface area contributed by atoms with E-state index in [1.165, 1.54) is 24.3 Å². The molecule has 3 nitrogen and oxygen atoms in total. The summed E-state index contributed by atoms with van der Waals surface area (Å²) in [5.74, 6) is -0.814. The highest BCUT2D eigenvalue weighted by Crippen LogP contribution is 2.25. The van der Waals surface area contributed by atoms with E-state index in [9.17, 15) is 13.6 Å². The highest BCUT2D eigenvalue weighted by molar-refractivity contribution is 5.94. The Morgan fingerprint density at radius 1 is 1.21 bits per heavy atom. The number of carbonyl (C=O) groups is 1. The molecule has 1 fully saturated rings. The molecule has 0 aliphatic carbocycles. The predicted molar refractivity (Wildman–Crippen MR) is 91.4 cm³/mol. The fourth-order valence-electron chi connectivity index (χ4n) is 2.90. The van der Waals surface area contributed by atoms with Gasteiger partial charge in [0.05, 0.1) is 6.04 Å². The summed E-state index contributed by atoms with van der Waals surface area (Å²) < 4.78 is 26.9. The molecule has 1 saturated heterocycles. The van der Waals surface area contributed by atoms with Gasteiger partial charge in [0.15, 0.2) is 0 Å². The minimum Gasteiger partial charge on any atom is -0.329 e. The third-order valence-electron chi connectivity index (χ3n) is 4.14. The number of nitrogens with one attached hydrogen (secondary N) is 1. The lowest BCUT2D eigenvalue weighted by Crippen LogP contribution is -2.48. The summed E-state index contributed by atoms with van der Waals surface area (Å²) in [5, 5.41) is 3.23. The third-order valence-corrected chi connectivity index (χ3v) is 4.14. The molecule has 128 valence electrons. The number of piperazine rings is 1. The molecule has 3 rings (SSSR count). The minimum absolute atomic E-state index is 0. The van der Waals surface area contributed by atoms with Crippen molar-refractivity contribution in [1.29, 1.82) is 0 Å². The monoisotopic (exact) mass is 352 g/mol. The number of amides is 1. The summed E-state index contributed by atoms with van der Waals surface area (Å²) in [6, 6.07) is 10.4. The van der Waals surface area contributed by atoms with Crippen LogP contribution in [0.1, 0.15) is 27.5 Å². The molecular formula is C18H19ClF2N2O. The summed E-state index contributed by atoms with van der Waals surface area (Å²) in [4.78, 5) is 14.5. The van der Waals surface area contributed by atoms with Crippen molar-refractivity contribution in [2.24, 2.45) is 0 Å². The first-order chi connectivity index (χ1) is 11.1. The maximum atomic E-state index is 13.5. The Bertz CT molecular complexity index is 739. The molecule has 0 bridgehead atoms. The fraction of sp³-hybridized carbons (Fsp3) is 0.278. The first-order valence-corrected chi connectivity index (χ1v) is 7.59. The van der Waals surface area contributed by atoms with Gasteiger partial charge in [-0.1, -0.05) is 12.1 Å². The Balaban J connectivity index is 0.00000208. The second-order valence-corrected chi connectivity index (χ2v) is 5.74. The average Bonchev–Trinajstić information content (AvgIpc) is 2.57. The number of hydrogen-bond acceptors (Lipinski definition) is 2. The Morgan fingerprint density at radius 3 is 2.71 bits per heavy atom. The van der Waals surface area contributed by atoms with Crippen LogP contribution in [0.4, 0.5) is 8.78 Å². The van der Waals surface area contributed by atoms with Crippen molar-refractivity contribution < 1.29 is 13.6 Å². The highest BCUT2D eigenvalue weighted by Gasteiger charge is 2.29. The number of halogens is 3. The van der Waals surface area contributed by atoms with Gasteiger partial charge in [0, 0.05) is 25.2 Å². The van der Waals surface area contributed by atoms with Gasteiger partial charge in [0.2, 0.25) is 0 Å². The Hall–Kier alpha value is -1.98. The smallest absolute Gasteiger partial charge is 0.254 e. The van der Waals surface area contributed by atoms with Crippen LogP contribution in [0, 0.1) is 18.6 Å². The van der Waals surface area contributed by atoms with Crippen LogP contribution in [0.5, 0.6) is 0 Å². The van der Waals surface area contributed by atoms with Crippen LogP contribution in [0.25, 0.3) is 0 Å². The molecule has 0 spiro atoms. The van der Waals surface area contributed by atoms with Crippen LogP contribution in [0.2, 0.25) is 0 Å². The molecule has 1 atom stereocenters. The van der Waals surface area contributed by atoms with E-state index in [1.807, 2.05) is 6.07 Å². The minimum atomic E-state index is -0.330. The van der Waals surface area contributed by atoms with Crippen molar-refractivity contribution in [2.75, 3.05) is 19.6 Å². The van der Waals surface area contributed by atoms with Crippen molar-refractivity contribution in [1.82, 2.24) is 10.2 Å². The van der Waals surface area contributed by atoms with Crippen LogP contribution in [-0.2, 0) is 0 Å². The number of nitrogens with zero attached hydrogens (tertiary/aromatic N) is 1. The molecule has 0 aromatic heterocycles. The summed E-state index contributed by atoms with van der Waals surface area (Å²) in [6.07, 6.45) is 0. The van der Waals surface area contributed by atoms with Crippen molar-refractivity contribution in [3.63, 3.8) is 0 Å². The van der Waals surface area contributed by atoms with E-state index < -0.39 is 0 Å². The molecule has 24 heavy (non-hydrogen) atoms. The molecule has 1 unspecified atom stereocenters. The Kier molecular flexibility index (Phi) is 5.91. The zero-order valence-corrected chi connectivity index (χ0v) is 14.1. The van der Waals surface area contributed by atoms with Gasteiger partial charge in [0.25, 0.3) is 5.91 Å². The Labute approximate surface area is 146 Å². The molecule has 1 heterocycles. The van der Waals surface area contributed by atoms with E-state index in [0.717, 1.165) is 5.56 Å². The second-order valence-electron chi connectivity index (χ2n) is 5.74. The molecule has 1 aliphatic rings. The zero-order chi connectivity index (χ0) is 16.4. The maximum Gasteiger partial charge on any atom is 0.254 e. The number of benzene rings is 2. The molecule has 2 aromatic carbocycles. The van der Waals surface area contributed by atoms with Gasteiger partial charge in [-0.05, 0) is 48.4 Å².